The Hall–Kier alpha value is -1.84. The minimum Gasteiger partial charge on any atom is -0.350 e. The zero-order valence-corrected chi connectivity index (χ0v) is 11.4. The summed E-state index contributed by atoms with van der Waals surface area (Å²) in [5.74, 6) is 0.194. The Kier molecular flexibility index (Phi) is 4.20. The van der Waals surface area contributed by atoms with E-state index >= 15 is 0 Å². The predicted molar refractivity (Wildman–Crippen MR) is 75.0 cm³/mol. The summed E-state index contributed by atoms with van der Waals surface area (Å²) in [6.45, 7) is 4.00. The highest BCUT2D eigenvalue weighted by atomic mass is 16.2. The normalized spacial score (nSPS) is 15.7. The van der Waals surface area contributed by atoms with Crippen LogP contribution in [0, 0.1) is 5.92 Å². The molecule has 1 aliphatic carbocycles. The van der Waals surface area contributed by atoms with Crippen LogP contribution in [0.1, 0.15) is 43.5 Å². The first kappa shape index (κ1) is 13.6. The molecule has 0 spiro atoms. The summed E-state index contributed by atoms with van der Waals surface area (Å²) in [6, 6.07) is 7.18. The molecule has 19 heavy (non-hydrogen) atoms. The van der Waals surface area contributed by atoms with Crippen LogP contribution in [0.5, 0.6) is 0 Å². The Morgan fingerprint density at radius 1 is 1.26 bits per heavy atom. The molecule has 2 amide bonds. The third kappa shape index (κ3) is 3.81. The topological polar surface area (TPSA) is 58.2 Å². The average Bonchev–Trinajstić information content (AvgIpc) is 3.23. The van der Waals surface area contributed by atoms with Gasteiger partial charge in [-0.2, -0.15) is 0 Å². The van der Waals surface area contributed by atoms with E-state index in [0.717, 1.165) is 24.9 Å². The summed E-state index contributed by atoms with van der Waals surface area (Å²) in [5, 5.41) is 5.76. The number of amides is 2. The van der Waals surface area contributed by atoms with E-state index in [-0.39, 0.29) is 23.8 Å². The summed E-state index contributed by atoms with van der Waals surface area (Å²) in [7, 11) is 0. The van der Waals surface area contributed by atoms with Crippen LogP contribution < -0.4 is 10.6 Å². The molecule has 1 aromatic carbocycles. The maximum atomic E-state index is 11.9. The minimum absolute atomic E-state index is 0.0746. The fraction of sp³-hybridized carbons (Fsp3) is 0.467. The summed E-state index contributed by atoms with van der Waals surface area (Å²) in [6.07, 6.45) is 2.88. The largest absolute Gasteiger partial charge is 0.350 e. The van der Waals surface area contributed by atoms with Gasteiger partial charge in [0.1, 0.15) is 0 Å². The summed E-state index contributed by atoms with van der Waals surface area (Å²) in [4.78, 5) is 23.5. The number of carbonyl (C=O) groups is 2. The van der Waals surface area contributed by atoms with E-state index in [9.17, 15) is 9.59 Å². The molecular formula is C15H20N2O2. The molecule has 1 saturated carbocycles. The van der Waals surface area contributed by atoms with Crippen molar-refractivity contribution >= 4 is 17.5 Å². The van der Waals surface area contributed by atoms with Gasteiger partial charge < -0.3 is 10.6 Å². The average molecular weight is 260 g/mol. The first-order valence-corrected chi connectivity index (χ1v) is 6.82. The van der Waals surface area contributed by atoms with Gasteiger partial charge in [-0.1, -0.05) is 6.92 Å². The molecular weight excluding hydrogens is 240 g/mol. The Bertz CT molecular complexity index is 464. The lowest BCUT2D eigenvalue weighted by Crippen LogP contribution is -2.31. The molecule has 0 saturated heterocycles. The van der Waals surface area contributed by atoms with Gasteiger partial charge in [0.15, 0.2) is 0 Å². The second-order valence-corrected chi connectivity index (χ2v) is 5.12. The van der Waals surface area contributed by atoms with Crippen molar-refractivity contribution in [2.45, 2.75) is 39.2 Å². The molecule has 0 aliphatic heterocycles. The first-order valence-electron chi connectivity index (χ1n) is 6.82. The predicted octanol–water partition coefficient (Wildman–Crippen LogP) is 2.56. The summed E-state index contributed by atoms with van der Waals surface area (Å²) >= 11 is 0. The molecule has 1 fully saturated rings. The number of nitrogens with one attached hydrogen (secondary N) is 2. The van der Waals surface area contributed by atoms with E-state index < -0.39 is 0 Å². The molecule has 4 nitrogen and oxygen atoms in total. The van der Waals surface area contributed by atoms with Crippen molar-refractivity contribution in [2.24, 2.45) is 5.92 Å². The number of benzene rings is 1. The Morgan fingerprint density at radius 2 is 1.89 bits per heavy atom. The summed E-state index contributed by atoms with van der Waals surface area (Å²) in [5.41, 5.74) is 1.36. The molecule has 0 bridgehead atoms. The molecule has 1 unspecified atom stereocenters. The zero-order valence-electron chi connectivity index (χ0n) is 11.4. The van der Waals surface area contributed by atoms with Crippen LogP contribution in [0.2, 0.25) is 0 Å². The highest BCUT2D eigenvalue weighted by Crippen LogP contribution is 2.30. The number of rotatable bonds is 5. The Balaban J connectivity index is 1.93. The van der Waals surface area contributed by atoms with Crippen molar-refractivity contribution < 1.29 is 9.59 Å². The molecule has 0 aromatic heterocycles. The molecule has 102 valence electrons. The first-order chi connectivity index (χ1) is 9.10. The lowest BCUT2D eigenvalue weighted by Gasteiger charge is -2.11. The molecule has 1 aliphatic rings. The number of hydrogen-bond donors (Lipinski definition) is 2. The molecule has 2 N–H and O–H groups in total. The summed E-state index contributed by atoms with van der Waals surface area (Å²) < 4.78 is 0. The van der Waals surface area contributed by atoms with Crippen LogP contribution in [0.3, 0.4) is 0 Å². The molecule has 2 rings (SSSR count). The van der Waals surface area contributed by atoms with Crippen LogP contribution >= 0.6 is 0 Å². The lowest BCUT2D eigenvalue weighted by molar-refractivity contribution is -0.117. The highest BCUT2D eigenvalue weighted by Gasteiger charge is 2.29. The van der Waals surface area contributed by atoms with Gasteiger partial charge in [-0.15, -0.1) is 0 Å². The SMILES string of the molecule is CCC(C)NC(=O)c1ccc(NC(=O)C2CC2)cc1. The van der Waals surface area contributed by atoms with Crippen molar-refractivity contribution in [1.82, 2.24) is 5.32 Å². The van der Waals surface area contributed by atoms with Gasteiger partial charge in [-0.25, -0.2) is 0 Å². The van der Waals surface area contributed by atoms with Gasteiger partial charge in [0.25, 0.3) is 5.91 Å². The minimum atomic E-state index is -0.0746. The van der Waals surface area contributed by atoms with Crippen LogP contribution in [0.15, 0.2) is 24.3 Å². The maximum absolute atomic E-state index is 11.9. The molecule has 1 aromatic rings. The Morgan fingerprint density at radius 3 is 2.42 bits per heavy atom. The monoisotopic (exact) mass is 260 g/mol. The van der Waals surface area contributed by atoms with E-state index in [0.29, 0.717) is 5.56 Å². The van der Waals surface area contributed by atoms with Crippen LogP contribution in [0.25, 0.3) is 0 Å². The Labute approximate surface area is 113 Å². The number of carbonyl (C=O) groups excluding carboxylic acids is 2. The maximum Gasteiger partial charge on any atom is 0.251 e. The standard InChI is InChI=1S/C15H20N2O2/c1-3-10(2)16-14(18)12-6-8-13(9-7-12)17-15(19)11-4-5-11/h6-11H,3-5H2,1-2H3,(H,16,18)(H,17,19). The molecule has 0 heterocycles. The smallest absolute Gasteiger partial charge is 0.251 e. The van der Waals surface area contributed by atoms with Crippen LogP contribution in [0.4, 0.5) is 5.69 Å². The third-order valence-corrected chi connectivity index (χ3v) is 3.35. The van der Waals surface area contributed by atoms with E-state index in [2.05, 4.69) is 10.6 Å². The third-order valence-electron chi connectivity index (χ3n) is 3.35. The highest BCUT2D eigenvalue weighted by molar-refractivity contribution is 5.96. The molecule has 4 heteroatoms. The van der Waals surface area contributed by atoms with Gasteiger partial charge >= 0.3 is 0 Å². The molecule has 1 atom stereocenters. The molecule has 0 radical (unpaired) electrons. The van der Waals surface area contributed by atoms with Crippen LogP contribution in [-0.4, -0.2) is 17.9 Å². The fourth-order valence-corrected chi connectivity index (χ4v) is 1.70. The van der Waals surface area contributed by atoms with E-state index in [1.165, 1.54) is 0 Å². The zero-order chi connectivity index (χ0) is 13.8. The van der Waals surface area contributed by atoms with Gasteiger partial charge in [0, 0.05) is 23.2 Å². The van der Waals surface area contributed by atoms with Gasteiger partial charge in [-0.3, -0.25) is 9.59 Å². The van der Waals surface area contributed by atoms with Gasteiger partial charge in [0.05, 0.1) is 0 Å². The van der Waals surface area contributed by atoms with E-state index in [1.807, 2.05) is 13.8 Å². The quantitative estimate of drug-likeness (QED) is 0.854. The van der Waals surface area contributed by atoms with Crippen molar-refractivity contribution in [3.63, 3.8) is 0 Å². The number of anilines is 1. The van der Waals surface area contributed by atoms with Crippen molar-refractivity contribution in [1.29, 1.82) is 0 Å². The van der Waals surface area contributed by atoms with Crippen LogP contribution in [-0.2, 0) is 4.79 Å². The van der Waals surface area contributed by atoms with Crippen molar-refractivity contribution in [3.05, 3.63) is 29.8 Å². The second kappa shape index (κ2) is 5.87. The van der Waals surface area contributed by atoms with Crippen molar-refractivity contribution in [2.75, 3.05) is 5.32 Å². The van der Waals surface area contributed by atoms with Crippen molar-refractivity contribution in [3.8, 4) is 0 Å². The van der Waals surface area contributed by atoms with E-state index in [4.69, 9.17) is 0 Å². The van der Waals surface area contributed by atoms with E-state index in [1.54, 1.807) is 24.3 Å². The van der Waals surface area contributed by atoms with Gasteiger partial charge in [-0.05, 0) is 50.5 Å². The van der Waals surface area contributed by atoms with Gasteiger partial charge in [0.2, 0.25) is 5.91 Å². The number of hydrogen-bond acceptors (Lipinski definition) is 2. The fourth-order valence-electron chi connectivity index (χ4n) is 1.70. The second-order valence-electron chi connectivity index (χ2n) is 5.12. The lowest BCUT2D eigenvalue weighted by atomic mass is 10.1.